The highest BCUT2D eigenvalue weighted by Crippen LogP contribution is 2.13. The molecule has 7 nitrogen and oxygen atoms in total. The van der Waals surface area contributed by atoms with E-state index in [0.717, 1.165) is 37.4 Å². The van der Waals surface area contributed by atoms with Crippen molar-refractivity contribution < 1.29 is 9.53 Å². The Bertz CT molecular complexity index is 726. The normalized spacial score (nSPS) is 16.1. The van der Waals surface area contributed by atoms with E-state index in [2.05, 4.69) is 40.5 Å². The molecule has 3 rings (SSSR count). The number of morpholine rings is 1. The molecule has 0 aliphatic carbocycles. The molecule has 1 aromatic heterocycles. The third kappa shape index (κ3) is 5.81. The number of urea groups is 1. The first-order chi connectivity index (χ1) is 13.6. The molecule has 28 heavy (non-hydrogen) atoms. The summed E-state index contributed by atoms with van der Waals surface area (Å²) in [5, 5.41) is 10.3. The van der Waals surface area contributed by atoms with Crippen molar-refractivity contribution in [3.8, 4) is 0 Å². The van der Waals surface area contributed by atoms with Gasteiger partial charge in [-0.1, -0.05) is 38.1 Å². The number of nitrogens with one attached hydrogen (secondary N) is 2. The summed E-state index contributed by atoms with van der Waals surface area (Å²) in [7, 11) is 0. The number of aromatic nitrogens is 2. The Kier molecular flexibility index (Phi) is 7.45. The van der Waals surface area contributed by atoms with Gasteiger partial charge in [0, 0.05) is 44.6 Å². The Hall–Kier alpha value is -2.38. The molecule has 1 aliphatic heterocycles. The second-order valence-corrected chi connectivity index (χ2v) is 7.50. The Morgan fingerprint density at radius 1 is 1.14 bits per heavy atom. The molecule has 2 amide bonds. The summed E-state index contributed by atoms with van der Waals surface area (Å²) in [5.74, 6) is 0.466. The van der Waals surface area contributed by atoms with Gasteiger partial charge < -0.3 is 15.4 Å². The van der Waals surface area contributed by atoms with E-state index in [9.17, 15) is 4.79 Å². The molecule has 7 heteroatoms. The van der Waals surface area contributed by atoms with Crippen molar-refractivity contribution in [2.24, 2.45) is 5.92 Å². The Morgan fingerprint density at radius 3 is 2.57 bits per heavy atom. The van der Waals surface area contributed by atoms with Crippen LogP contribution in [0, 0.1) is 5.92 Å². The fourth-order valence-electron chi connectivity index (χ4n) is 3.58. The predicted octanol–water partition coefficient (Wildman–Crippen LogP) is 2.09. The molecule has 0 spiro atoms. The summed E-state index contributed by atoms with van der Waals surface area (Å²) in [6.07, 6.45) is 3.71. The molecule has 2 N–H and O–H groups in total. The van der Waals surface area contributed by atoms with Gasteiger partial charge in [0.05, 0.1) is 19.8 Å². The minimum absolute atomic E-state index is 0.132. The van der Waals surface area contributed by atoms with Crippen LogP contribution in [0.15, 0.2) is 42.7 Å². The smallest absolute Gasteiger partial charge is 0.315 e. The summed E-state index contributed by atoms with van der Waals surface area (Å²) in [4.78, 5) is 14.8. The van der Waals surface area contributed by atoms with E-state index in [0.29, 0.717) is 31.6 Å². The lowest BCUT2D eigenvalue weighted by atomic mass is 10.0. The first-order valence-electron chi connectivity index (χ1n) is 10.0. The summed E-state index contributed by atoms with van der Waals surface area (Å²) in [5.41, 5.74) is 2.25. The molecular weight excluding hydrogens is 354 g/mol. The number of hydrogen-bond acceptors (Lipinski definition) is 4. The molecular formula is C21H31N5O2. The van der Waals surface area contributed by atoms with E-state index in [-0.39, 0.29) is 6.03 Å². The van der Waals surface area contributed by atoms with Crippen molar-refractivity contribution in [2.75, 3.05) is 32.8 Å². The van der Waals surface area contributed by atoms with Crippen LogP contribution in [0.3, 0.4) is 0 Å². The van der Waals surface area contributed by atoms with Crippen molar-refractivity contribution in [2.45, 2.75) is 33.0 Å². The quantitative estimate of drug-likeness (QED) is 0.730. The van der Waals surface area contributed by atoms with Crippen LogP contribution in [-0.4, -0.2) is 59.6 Å². The van der Waals surface area contributed by atoms with Gasteiger partial charge in [0.25, 0.3) is 0 Å². The van der Waals surface area contributed by atoms with Gasteiger partial charge in [0.2, 0.25) is 0 Å². The average molecular weight is 386 g/mol. The second kappa shape index (κ2) is 10.2. The zero-order chi connectivity index (χ0) is 19.8. The lowest BCUT2D eigenvalue weighted by Gasteiger charge is -2.36. The Balaban J connectivity index is 1.50. The number of rotatable bonds is 8. The van der Waals surface area contributed by atoms with Crippen molar-refractivity contribution in [3.05, 3.63) is 53.9 Å². The highest BCUT2D eigenvalue weighted by molar-refractivity contribution is 5.73. The monoisotopic (exact) mass is 385 g/mol. The first kappa shape index (κ1) is 20.4. The van der Waals surface area contributed by atoms with E-state index in [1.807, 2.05) is 35.1 Å². The molecule has 0 saturated carbocycles. The number of amides is 2. The van der Waals surface area contributed by atoms with E-state index in [1.165, 1.54) is 0 Å². The Morgan fingerprint density at radius 2 is 1.89 bits per heavy atom. The fraction of sp³-hybridized carbons (Fsp3) is 0.524. The summed E-state index contributed by atoms with van der Waals surface area (Å²) in [6, 6.07) is 10.2. The standard InChI is InChI=1S/C21H31N5O2/c1-17(2)20(25-10-12-28-13-11-25)15-23-21(27)22-14-18-6-3-4-7-19(18)16-26-9-5-8-24-26/h3-9,17,20H,10-16H2,1-2H3,(H2,22,23,27). The van der Waals surface area contributed by atoms with Crippen molar-refractivity contribution in [1.82, 2.24) is 25.3 Å². The molecule has 1 aromatic carbocycles. The van der Waals surface area contributed by atoms with Gasteiger partial charge in [-0.3, -0.25) is 9.58 Å². The van der Waals surface area contributed by atoms with Crippen LogP contribution in [0.1, 0.15) is 25.0 Å². The third-order valence-electron chi connectivity index (χ3n) is 5.21. The zero-order valence-corrected chi connectivity index (χ0v) is 16.8. The second-order valence-electron chi connectivity index (χ2n) is 7.50. The molecule has 2 aromatic rings. The van der Waals surface area contributed by atoms with Crippen LogP contribution in [0.4, 0.5) is 4.79 Å². The van der Waals surface area contributed by atoms with Crippen LogP contribution < -0.4 is 10.6 Å². The molecule has 1 aliphatic rings. The highest BCUT2D eigenvalue weighted by atomic mass is 16.5. The molecule has 1 unspecified atom stereocenters. The maximum atomic E-state index is 12.4. The number of nitrogens with zero attached hydrogens (tertiary/aromatic N) is 3. The van der Waals surface area contributed by atoms with Gasteiger partial charge in [-0.05, 0) is 23.1 Å². The lowest BCUT2D eigenvalue weighted by molar-refractivity contribution is 0.00719. The maximum absolute atomic E-state index is 12.4. The van der Waals surface area contributed by atoms with Gasteiger partial charge in [-0.2, -0.15) is 5.10 Å². The first-order valence-corrected chi connectivity index (χ1v) is 10.0. The topological polar surface area (TPSA) is 71.4 Å². The number of carbonyl (C=O) groups excluding carboxylic acids is 1. The van der Waals surface area contributed by atoms with Crippen molar-refractivity contribution >= 4 is 6.03 Å². The van der Waals surface area contributed by atoms with Gasteiger partial charge >= 0.3 is 6.03 Å². The number of hydrogen-bond donors (Lipinski definition) is 2. The van der Waals surface area contributed by atoms with E-state index >= 15 is 0 Å². The molecule has 1 fully saturated rings. The molecule has 1 atom stereocenters. The molecule has 152 valence electrons. The number of benzene rings is 1. The predicted molar refractivity (Wildman–Crippen MR) is 109 cm³/mol. The van der Waals surface area contributed by atoms with Gasteiger partial charge in [-0.25, -0.2) is 4.79 Å². The summed E-state index contributed by atoms with van der Waals surface area (Å²) in [6.45, 7) is 9.60. The fourth-order valence-corrected chi connectivity index (χ4v) is 3.58. The molecule has 0 bridgehead atoms. The highest BCUT2D eigenvalue weighted by Gasteiger charge is 2.24. The van der Waals surface area contributed by atoms with E-state index in [1.54, 1.807) is 6.20 Å². The summed E-state index contributed by atoms with van der Waals surface area (Å²) >= 11 is 0. The molecule has 0 radical (unpaired) electrons. The SMILES string of the molecule is CC(C)C(CNC(=O)NCc1ccccc1Cn1cccn1)N1CCOCC1. The van der Waals surface area contributed by atoms with Gasteiger partial charge in [0.15, 0.2) is 0 Å². The molecule has 1 saturated heterocycles. The van der Waals surface area contributed by atoms with Crippen LogP contribution in [0.25, 0.3) is 0 Å². The minimum atomic E-state index is -0.132. The number of ether oxygens (including phenoxy) is 1. The number of carbonyl (C=O) groups is 1. The zero-order valence-electron chi connectivity index (χ0n) is 16.8. The van der Waals surface area contributed by atoms with Gasteiger partial charge in [-0.15, -0.1) is 0 Å². The minimum Gasteiger partial charge on any atom is -0.379 e. The molecule has 2 heterocycles. The Labute approximate surface area is 167 Å². The van der Waals surface area contributed by atoms with Crippen molar-refractivity contribution in [1.29, 1.82) is 0 Å². The maximum Gasteiger partial charge on any atom is 0.315 e. The largest absolute Gasteiger partial charge is 0.379 e. The van der Waals surface area contributed by atoms with Crippen LogP contribution in [-0.2, 0) is 17.8 Å². The lowest BCUT2D eigenvalue weighted by Crippen LogP contribution is -2.52. The van der Waals surface area contributed by atoms with E-state index < -0.39 is 0 Å². The van der Waals surface area contributed by atoms with Crippen LogP contribution >= 0.6 is 0 Å². The average Bonchev–Trinajstić information content (AvgIpc) is 3.21. The van der Waals surface area contributed by atoms with Crippen LogP contribution in [0.2, 0.25) is 0 Å². The summed E-state index contributed by atoms with van der Waals surface area (Å²) < 4.78 is 7.33. The third-order valence-corrected chi connectivity index (χ3v) is 5.21. The van der Waals surface area contributed by atoms with Gasteiger partial charge in [0.1, 0.15) is 0 Å². The van der Waals surface area contributed by atoms with E-state index in [4.69, 9.17) is 4.74 Å². The van der Waals surface area contributed by atoms with Crippen LogP contribution in [0.5, 0.6) is 0 Å². The van der Waals surface area contributed by atoms with Crippen molar-refractivity contribution in [3.63, 3.8) is 0 Å².